The van der Waals surface area contributed by atoms with Gasteiger partial charge in [-0.15, -0.1) is 6.58 Å². The number of carbonyl (C=O) groups excluding carboxylic acids is 1. The molecule has 10 heavy (non-hydrogen) atoms. The summed E-state index contributed by atoms with van der Waals surface area (Å²) in [5, 5.41) is 2.59. The predicted molar refractivity (Wildman–Crippen MR) is 39.8 cm³/mol. The van der Waals surface area contributed by atoms with Crippen LogP contribution in [-0.4, -0.2) is 19.2 Å². The van der Waals surface area contributed by atoms with Crippen LogP contribution >= 0.6 is 0 Å². The van der Waals surface area contributed by atoms with E-state index in [2.05, 4.69) is 16.6 Å². The lowest BCUT2D eigenvalue weighted by atomic mass is 10.2. The second kappa shape index (κ2) is 4.85. The number of rotatable bonds is 3. The summed E-state index contributed by atoms with van der Waals surface area (Å²) in [5.41, 5.74) is 0. The van der Waals surface area contributed by atoms with E-state index in [0.717, 1.165) is 6.42 Å². The Labute approximate surface area is 61.1 Å². The topological polar surface area (TPSA) is 38.3 Å². The summed E-state index contributed by atoms with van der Waals surface area (Å²) in [5.74, 6) is 0. The van der Waals surface area contributed by atoms with Crippen molar-refractivity contribution in [2.24, 2.45) is 0 Å². The maximum absolute atomic E-state index is 10.6. The van der Waals surface area contributed by atoms with E-state index >= 15 is 0 Å². The molecule has 1 atom stereocenters. The molecule has 0 spiro atoms. The second-order valence-corrected chi connectivity index (χ2v) is 1.89. The van der Waals surface area contributed by atoms with E-state index in [9.17, 15) is 4.79 Å². The van der Waals surface area contributed by atoms with Crippen LogP contribution in [0.15, 0.2) is 12.7 Å². The number of carbonyl (C=O) groups is 1. The van der Waals surface area contributed by atoms with Gasteiger partial charge in [-0.2, -0.15) is 0 Å². The number of methoxy groups -OCH3 is 1. The number of ether oxygens (including phenoxy) is 1. The monoisotopic (exact) mass is 143 g/mol. The Hall–Kier alpha value is -0.990. The van der Waals surface area contributed by atoms with E-state index in [-0.39, 0.29) is 6.04 Å². The minimum Gasteiger partial charge on any atom is -0.453 e. The van der Waals surface area contributed by atoms with E-state index in [1.807, 2.05) is 6.92 Å². The highest BCUT2D eigenvalue weighted by Gasteiger charge is 2.04. The van der Waals surface area contributed by atoms with Crippen LogP contribution in [0.5, 0.6) is 0 Å². The Morgan fingerprint density at radius 1 is 1.90 bits per heavy atom. The van der Waals surface area contributed by atoms with Gasteiger partial charge in [-0.05, 0) is 6.42 Å². The Morgan fingerprint density at radius 2 is 2.50 bits per heavy atom. The van der Waals surface area contributed by atoms with Crippen LogP contribution in [0.2, 0.25) is 0 Å². The van der Waals surface area contributed by atoms with E-state index in [1.165, 1.54) is 7.11 Å². The fourth-order valence-corrected chi connectivity index (χ4v) is 0.538. The van der Waals surface area contributed by atoms with Crippen LogP contribution in [0.3, 0.4) is 0 Å². The van der Waals surface area contributed by atoms with Gasteiger partial charge in [0, 0.05) is 6.04 Å². The molecule has 0 saturated carbocycles. The lowest BCUT2D eigenvalue weighted by Gasteiger charge is -2.09. The van der Waals surface area contributed by atoms with Crippen molar-refractivity contribution < 1.29 is 9.53 Å². The van der Waals surface area contributed by atoms with Crippen LogP contribution in [0.1, 0.15) is 13.3 Å². The number of alkyl carbamates (subject to hydrolysis) is 1. The molecule has 0 heterocycles. The molecular weight excluding hydrogens is 130 g/mol. The van der Waals surface area contributed by atoms with Crippen molar-refractivity contribution in [1.29, 1.82) is 0 Å². The van der Waals surface area contributed by atoms with Gasteiger partial charge in [-0.1, -0.05) is 13.0 Å². The van der Waals surface area contributed by atoms with Crippen LogP contribution in [0, 0.1) is 0 Å². The molecule has 0 aliphatic rings. The Balaban J connectivity index is 3.62. The maximum Gasteiger partial charge on any atom is 0.407 e. The minimum atomic E-state index is -0.410. The molecule has 0 aromatic heterocycles. The summed E-state index contributed by atoms with van der Waals surface area (Å²) < 4.78 is 4.39. The number of hydrogen-bond donors (Lipinski definition) is 1. The molecule has 0 fully saturated rings. The number of nitrogens with one attached hydrogen (secondary N) is 1. The molecule has 1 N–H and O–H groups in total. The highest BCUT2D eigenvalue weighted by atomic mass is 16.5. The lowest BCUT2D eigenvalue weighted by Crippen LogP contribution is -2.32. The zero-order valence-corrected chi connectivity index (χ0v) is 6.39. The quantitative estimate of drug-likeness (QED) is 0.605. The van der Waals surface area contributed by atoms with Gasteiger partial charge in [0.2, 0.25) is 0 Å². The standard InChI is InChI=1S/C7H13NO2/c1-4-6(5-2)8-7(9)10-3/h4,6H,1,5H2,2-3H3,(H,8,9)/t6-/m0/s1. The molecule has 0 aliphatic carbocycles. The third kappa shape index (κ3) is 3.12. The summed E-state index contributed by atoms with van der Waals surface area (Å²) in [7, 11) is 1.34. The zero-order chi connectivity index (χ0) is 7.98. The molecule has 0 aliphatic heterocycles. The predicted octanol–water partition coefficient (Wildman–Crippen LogP) is 1.31. The van der Waals surface area contributed by atoms with Crippen molar-refractivity contribution in [1.82, 2.24) is 5.32 Å². The Bertz CT molecular complexity index is 123. The third-order valence-electron chi connectivity index (χ3n) is 1.21. The van der Waals surface area contributed by atoms with Gasteiger partial charge in [0.15, 0.2) is 0 Å². The van der Waals surface area contributed by atoms with Gasteiger partial charge < -0.3 is 10.1 Å². The van der Waals surface area contributed by atoms with Crippen molar-refractivity contribution in [2.45, 2.75) is 19.4 Å². The highest BCUT2D eigenvalue weighted by molar-refractivity contribution is 5.67. The molecule has 0 aromatic carbocycles. The van der Waals surface area contributed by atoms with Gasteiger partial charge in [-0.25, -0.2) is 4.79 Å². The summed E-state index contributed by atoms with van der Waals surface area (Å²) >= 11 is 0. The fraction of sp³-hybridized carbons (Fsp3) is 0.571. The molecule has 3 heteroatoms. The SMILES string of the molecule is C=C[C@@H](CC)NC(=O)OC. The van der Waals surface area contributed by atoms with Gasteiger partial charge in [-0.3, -0.25) is 0 Å². The van der Waals surface area contributed by atoms with E-state index in [4.69, 9.17) is 0 Å². The van der Waals surface area contributed by atoms with Crippen LogP contribution in [-0.2, 0) is 4.74 Å². The molecule has 1 amide bonds. The fourth-order valence-electron chi connectivity index (χ4n) is 0.538. The van der Waals surface area contributed by atoms with Crippen molar-refractivity contribution >= 4 is 6.09 Å². The van der Waals surface area contributed by atoms with Crippen LogP contribution in [0.4, 0.5) is 4.79 Å². The molecule has 0 aromatic rings. The molecule has 3 nitrogen and oxygen atoms in total. The van der Waals surface area contributed by atoms with Crippen molar-refractivity contribution in [2.75, 3.05) is 7.11 Å². The first-order valence-electron chi connectivity index (χ1n) is 3.21. The number of amides is 1. The van der Waals surface area contributed by atoms with Gasteiger partial charge in [0.05, 0.1) is 7.11 Å². The smallest absolute Gasteiger partial charge is 0.407 e. The molecule has 0 radical (unpaired) electrons. The van der Waals surface area contributed by atoms with Crippen molar-refractivity contribution in [3.63, 3.8) is 0 Å². The van der Waals surface area contributed by atoms with Crippen molar-refractivity contribution in [3.8, 4) is 0 Å². The van der Waals surface area contributed by atoms with Crippen LogP contribution < -0.4 is 5.32 Å². The molecule has 58 valence electrons. The average molecular weight is 143 g/mol. The molecule has 0 rings (SSSR count). The summed E-state index contributed by atoms with van der Waals surface area (Å²) in [6, 6.07) is 0.0208. The Kier molecular flexibility index (Phi) is 4.37. The molecule has 0 unspecified atom stereocenters. The maximum atomic E-state index is 10.6. The first-order chi connectivity index (χ1) is 4.74. The first-order valence-corrected chi connectivity index (χ1v) is 3.21. The van der Waals surface area contributed by atoms with E-state index < -0.39 is 6.09 Å². The summed E-state index contributed by atoms with van der Waals surface area (Å²) in [6.45, 7) is 5.51. The summed E-state index contributed by atoms with van der Waals surface area (Å²) in [6.07, 6.45) is 2.10. The van der Waals surface area contributed by atoms with E-state index in [1.54, 1.807) is 6.08 Å². The molecule has 0 bridgehead atoms. The summed E-state index contributed by atoms with van der Waals surface area (Å²) in [4.78, 5) is 10.6. The average Bonchev–Trinajstić information content (AvgIpc) is 1.99. The normalized spacial score (nSPS) is 11.8. The van der Waals surface area contributed by atoms with Crippen LogP contribution in [0.25, 0.3) is 0 Å². The van der Waals surface area contributed by atoms with Gasteiger partial charge in [0.1, 0.15) is 0 Å². The van der Waals surface area contributed by atoms with E-state index in [0.29, 0.717) is 0 Å². The molecule has 0 saturated heterocycles. The number of hydrogen-bond acceptors (Lipinski definition) is 2. The minimum absolute atomic E-state index is 0.0208. The highest BCUT2D eigenvalue weighted by Crippen LogP contribution is 1.90. The van der Waals surface area contributed by atoms with Gasteiger partial charge >= 0.3 is 6.09 Å². The lowest BCUT2D eigenvalue weighted by molar-refractivity contribution is 0.168. The van der Waals surface area contributed by atoms with Gasteiger partial charge in [0.25, 0.3) is 0 Å². The Morgan fingerprint density at radius 3 is 2.80 bits per heavy atom. The third-order valence-corrected chi connectivity index (χ3v) is 1.21. The largest absolute Gasteiger partial charge is 0.453 e. The van der Waals surface area contributed by atoms with Crippen molar-refractivity contribution in [3.05, 3.63) is 12.7 Å². The molecular formula is C7H13NO2. The zero-order valence-electron chi connectivity index (χ0n) is 6.39. The first kappa shape index (κ1) is 9.01. The second-order valence-electron chi connectivity index (χ2n) is 1.89.